The summed E-state index contributed by atoms with van der Waals surface area (Å²) in [6, 6.07) is 8.97. The quantitative estimate of drug-likeness (QED) is 0.205. The van der Waals surface area contributed by atoms with Gasteiger partial charge in [-0.2, -0.15) is 0 Å². The molecular weight excluding hydrogens is 498 g/mol. The third-order valence-corrected chi connectivity index (χ3v) is 9.48. The van der Waals surface area contributed by atoms with Crippen molar-refractivity contribution >= 4 is 17.2 Å². The van der Waals surface area contributed by atoms with Gasteiger partial charge in [-0.15, -0.1) is 11.3 Å². The molecule has 0 saturated heterocycles. The number of carbonyl (C=O) groups excluding carboxylic acids is 1. The summed E-state index contributed by atoms with van der Waals surface area (Å²) >= 11 is 1.76. The molecule has 220 valence electrons. The summed E-state index contributed by atoms with van der Waals surface area (Å²) in [4.78, 5) is 16.8. The first kappa shape index (κ1) is 33.4. The molecule has 0 N–H and O–H groups in total. The minimum atomic E-state index is 0.0562. The molecule has 1 unspecified atom stereocenters. The molecule has 0 aliphatic rings. The molecule has 0 fully saturated rings. The maximum absolute atomic E-state index is 13.4. The minimum absolute atomic E-state index is 0.0562. The number of ether oxygens (including phenoxy) is 1. The second-order valence-electron chi connectivity index (χ2n) is 14.2. The molecule has 2 rings (SSSR count). The topological polar surface area (TPSA) is 29.5 Å². The number of unbranched alkanes of at least 4 members (excludes halogenated alkanes) is 1. The largest absolute Gasteiger partial charge is 0.493 e. The number of rotatable bonds is 15. The summed E-state index contributed by atoms with van der Waals surface area (Å²) < 4.78 is 6.41. The van der Waals surface area contributed by atoms with Crippen molar-refractivity contribution in [3.05, 3.63) is 51.2 Å². The van der Waals surface area contributed by atoms with Gasteiger partial charge in [0.2, 0.25) is 5.91 Å². The fourth-order valence-corrected chi connectivity index (χ4v) is 6.08. The van der Waals surface area contributed by atoms with Crippen LogP contribution in [0.3, 0.4) is 0 Å². The van der Waals surface area contributed by atoms with Crippen molar-refractivity contribution in [2.45, 2.75) is 132 Å². The first-order chi connectivity index (χ1) is 18.1. The van der Waals surface area contributed by atoms with Crippen LogP contribution in [-0.4, -0.2) is 24.0 Å². The number of hydrogen-bond acceptors (Lipinski definition) is 3. The first-order valence-corrected chi connectivity index (χ1v) is 16.1. The van der Waals surface area contributed by atoms with E-state index in [0.717, 1.165) is 50.9 Å². The second-order valence-corrected chi connectivity index (χ2v) is 15.2. The Kier molecular flexibility index (Phi) is 12.2. The molecule has 0 aliphatic heterocycles. The van der Waals surface area contributed by atoms with Crippen LogP contribution in [0.1, 0.15) is 129 Å². The van der Waals surface area contributed by atoms with E-state index in [1.807, 2.05) is 0 Å². The zero-order chi connectivity index (χ0) is 29.4. The van der Waals surface area contributed by atoms with Crippen molar-refractivity contribution in [2.75, 3.05) is 13.2 Å². The van der Waals surface area contributed by atoms with E-state index in [0.29, 0.717) is 18.9 Å². The van der Waals surface area contributed by atoms with Gasteiger partial charge < -0.3 is 9.64 Å². The van der Waals surface area contributed by atoms with E-state index in [2.05, 4.69) is 111 Å². The maximum atomic E-state index is 13.4. The molecular formula is C35H57NO2S. The second kappa shape index (κ2) is 14.2. The van der Waals surface area contributed by atoms with Gasteiger partial charge in [-0.05, 0) is 89.8 Å². The number of benzene rings is 1. The summed E-state index contributed by atoms with van der Waals surface area (Å²) in [7, 11) is 0. The Labute approximate surface area is 244 Å². The number of aryl methyl sites for hydroxylation is 1. The van der Waals surface area contributed by atoms with Gasteiger partial charge in [0.25, 0.3) is 0 Å². The van der Waals surface area contributed by atoms with E-state index in [1.165, 1.54) is 21.6 Å². The van der Waals surface area contributed by atoms with Crippen molar-refractivity contribution in [1.82, 2.24) is 4.90 Å². The van der Waals surface area contributed by atoms with Crippen molar-refractivity contribution in [3.8, 4) is 5.75 Å². The highest BCUT2D eigenvalue weighted by Crippen LogP contribution is 2.38. The lowest BCUT2D eigenvalue weighted by Gasteiger charge is -2.30. The predicted octanol–water partition coefficient (Wildman–Crippen LogP) is 10.1. The number of carbonyl (C=O) groups is 1. The van der Waals surface area contributed by atoms with E-state index in [-0.39, 0.29) is 22.2 Å². The highest BCUT2D eigenvalue weighted by Gasteiger charge is 2.27. The first-order valence-electron chi connectivity index (χ1n) is 15.2. The van der Waals surface area contributed by atoms with Crippen molar-refractivity contribution in [3.63, 3.8) is 0 Å². The van der Waals surface area contributed by atoms with Gasteiger partial charge in [-0.1, -0.05) is 81.4 Å². The van der Waals surface area contributed by atoms with Crippen molar-refractivity contribution < 1.29 is 9.53 Å². The molecule has 1 atom stereocenters. The molecule has 3 nitrogen and oxygen atoms in total. The molecule has 1 aromatic heterocycles. The lowest BCUT2D eigenvalue weighted by molar-refractivity contribution is -0.133. The van der Waals surface area contributed by atoms with Crippen LogP contribution in [0.5, 0.6) is 5.75 Å². The van der Waals surface area contributed by atoms with Crippen molar-refractivity contribution in [2.24, 2.45) is 11.3 Å². The fourth-order valence-electron chi connectivity index (χ4n) is 5.16. The van der Waals surface area contributed by atoms with Gasteiger partial charge in [0, 0.05) is 23.4 Å². The summed E-state index contributed by atoms with van der Waals surface area (Å²) in [5, 5.41) is 2.13. The van der Waals surface area contributed by atoms with Gasteiger partial charge >= 0.3 is 0 Å². The van der Waals surface area contributed by atoms with E-state index in [4.69, 9.17) is 4.74 Å². The molecule has 0 aliphatic carbocycles. The number of amides is 1. The standard InChI is InChI=1S/C35H57NO2S/c1-12-34(8,9)28-16-17-30(29(23-28)35(10,11)13-2)38-20-15-14-19-36(25-31-27(4)18-21-39-31)32(37)22-26(3)24-33(5,6)7/h16-18,21,23,26H,12-15,19-20,22,24-25H2,1-11H3. The Hall–Kier alpha value is -1.81. The third kappa shape index (κ3) is 10.3. The van der Waals surface area contributed by atoms with Crippen LogP contribution < -0.4 is 4.74 Å². The van der Waals surface area contributed by atoms with Gasteiger partial charge in [0.05, 0.1) is 13.2 Å². The van der Waals surface area contributed by atoms with Gasteiger partial charge in [0.1, 0.15) is 5.75 Å². The van der Waals surface area contributed by atoms with E-state index in [1.54, 1.807) is 11.3 Å². The molecule has 1 amide bonds. The van der Waals surface area contributed by atoms with Crippen LogP contribution >= 0.6 is 11.3 Å². The average Bonchev–Trinajstić information content (AvgIpc) is 3.25. The van der Waals surface area contributed by atoms with Crippen LogP contribution in [0.15, 0.2) is 29.6 Å². The molecule has 4 heteroatoms. The van der Waals surface area contributed by atoms with Crippen LogP contribution in [0.4, 0.5) is 0 Å². The van der Waals surface area contributed by atoms with E-state index < -0.39 is 0 Å². The van der Waals surface area contributed by atoms with Crippen LogP contribution in [0, 0.1) is 18.3 Å². The summed E-state index contributed by atoms with van der Waals surface area (Å²) in [6.07, 6.45) is 5.72. The lowest BCUT2D eigenvalue weighted by atomic mass is 9.76. The van der Waals surface area contributed by atoms with Crippen LogP contribution in [0.2, 0.25) is 0 Å². The molecule has 39 heavy (non-hydrogen) atoms. The fraction of sp³-hybridized carbons (Fsp3) is 0.686. The molecule has 1 aromatic carbocycles. The maximum Gasteiger partial charge on any atom is 0.223 e. The zero-order valence-corrected chi connectivity index (χ0v) is 27.8. The lowest BCUT2D eigenvalue weighted by Crippen LogP contribution is -2.33. The Morgan fingerprint density at radius 3 is 2.21 bits per heavy atom. The third-order valence-electron chi connectivity index (χ3n) is 8.48. The average molecular weight is 556 g/mol. The van der Waals surface area contributed by atoms with Crippen LogP contribution in [0.25, 0.3) is 0 Å². The zero-order valence-electron chi connectivity index (χ0n) is 27.0. The summed E-state index contributed by atoms with van der Waals surface area (Å²) in [5.74, 6) is 1.67. The molecule has 1 heterocycles. The summed E-state index contributed by atoms with van der Waals surface area (Å²) in [6.45, 7) is 27.1. The Balaban J connectivity index is 2.05. The van der Waals surface area contributed by atoms with Gasteiger partial charge in [0.15, 0.2) is 0 Å². The molecule has 0 spiro atoms. The Morgan fingerprint density at radius 1 is 0.974 bits per heavy atom. The Morgan fingerprint density at radius 2 is 1.64 bits per heavy atom. The highest BCUT2D eigenvalue weighted by molar-refractivity contribution is 7.10. The minimum Gasteiger partial charge on any atom is -0.493 e. The van der Waals surface area contributed by atoms with Gasteiger partial charge in [-0.25, -0.2) is 0 Å². The number of hydrogen-bond donors (Lipinski definition) is 0. The van der Waals surface area contributed by atoms with E-state index >= 15 is 0 Å². The summed E-state index contributed by atoms with van der Waals surface area (Å²) in [5.41, 5.74) is 4.42. The highest BCUT2D eigenvalue weighted by atomic mass is 32.1. The van der Waals surface area contributed by atoms with E-state index in [9.17, 15) is 4.79 Å². The predicted molar refractivity (Wildman–Crippen MR) is 170 cm³/mol. The molecule has 2 aromatic rings. The van der Waals surface area contributed by atoms with Crippen molar-refractivity contribution in [1.29, 1.82) is 0 Å². The number of thiophene rings is 1. The molecule has 0 bridgehead atoms. The van der Waals surface area contributed by atoms with Gasteiger partial charge in [-0.3, -0.25) is 4.79 Å². The monoisotopic (exact) mass is 555 g/mol. The smallest absolute Gasteiger partial charge is 0.223 e. The SMILES string of the molecule is CCC(C)(C)c1ccc(OCCCCN(Cc2sccc2C)C(=O)CC(C)CC(C)(C)C)c(C(C)(C)CC)c1. The normalized spacial score (nSPS) is 13.4. The molecule has 0 saturated carbocycles. The number of nitrogens with zero attached hydrogens (tertiary/aromatic N) is 1. The Bertz CT molecular complexity index is 1040. The van der Waals surface area contributed by atoms with Crippen LogP contribution in [-0.2, 0) is 22.2 Å². The molecule has 0 radical (unpaired) electrons.